The summed E-state index contributed by atoms with van der Waals surface area (Å²) in [5.41, 5.74) is 2.46. The van der Waals surface area contributed by atoms with Gasteiger partial charge >= 0.3 is 0 Å². The predicted octanol–water partition coefficient (Wildman–Crippen LogP) is 2.97. The van der Waals surface area contributed by atoms with E-state index in [-0.39, 0.29) is 6.61 Å². The Hall–Kier alpha value is -1.82. The molecule has 142 valence electrons. The highest BCUT2D eigenvalue weighted by Gasteiger charge is 2.27. The average molecular weight is 358 g/mol. The number of aliphatic hydroxyl groups is 1. The van der Waals surface area contributed by atoms with Crippen LogP contribution in [0.2, 0.25) is 0 Å². The first-order valence-electron chi connectivity index (χ1n) is 9.35. The molecule has 5 nitrogen and oxygen atoms in total. The number of piperazine rings is 1. The highest BCUT2D eigenvalue weighted by atomic mass is 16.5. The van der Waals surface area contributed by atoms with Gasteiger partial charge in [-0.15, -0.1) is 0 Å². The Kier molecular flexibility index (Phi) is 6.35. The van der Waals surface area contributed by atoms with Crippen molar-refractivity contribution in [1.29, 1.82) is 0 Å². The van der Waals surface area contributed by atoms with Crippen LogP contribution in [0.25, 0.3) is 0 Å². The Morgan fingerprint density at radius 1 is 1.15 bits per heavy atom. The van der Waals surface area contributed by atoms with E-state index >= 15 is 0 Å². The van der Waals surface area contributed by atoms with Crippen molar-refractivity contribution >= 4 is 0 Å². The normalized spacial score (nSPS) is 19.0. The molecule has 1 aliphatic rings. The van der Waals surface area contributed by atoms with Crippen LogP contribution in [0.15, 0.2) is 34.7 Å². The minimum Gasteiger partial charge on any atom is -0.496 e. The van der Waals surface area contributed by atoms with Gasteiger partial charge in [-0.25, -0.2) is 0 Å². The molecule has 1 unspecified atom stereocenters. The zero-order valence-electron chi connectivity index (χ0n) is 16.1. The standard InChI is InChI=1S/C21H30N2O3/c1-16-12-18(5-7-21(16)25-3)13-23-10-9-22(14-19(23)8-11-24)15-20-6-4-17(2)26-20/h4-7,12,19,24H,8-11,13-15H2,1-3H3. The van der Waals surface area contributed by atoms with Crippen LogP contribution in [-0.4, -0.2) is 54.3 Å². The van der Waals surface area contributed by atoms with Crippen LogP contribution in [0.5, 0.6) is 5.75 Å². The maximum Gasteiger partial charge on any atom is 0.121 e. The third kappa shape index (κ3) is 4.67. The Morgan fingerprint density at radius 2 is 2.00 bits per heavy atom. The lowest BCUT2D eigenvalue weighted by molar-refractivity contribution is 0.0467. The van der Waals surface area contributed by atoms with Gasteiger partial charge in [-0.05, 0) is 49.6 Å². The number of methoxy groups -OCH3 is 1. The lowest BCUT2D eigenvalue weighted by atomic mass is 10.1. The summed E-state index contributed by atoms with van der Waals surface area (Å²) in [5.74, 6) is 2.91. The SMILES string of the molecule is COc1ccc(CN2CCN(Cc3ccc(C)o3)CC2CCO)cc1C. The van der Waals surface area contributed by atoms with Crippen LogP contribution in [0.4, 0.5) is 0 Å². The van der Waals surface area contributed by atoms with Crippen LogP contribution in [0.3, 0.4) is 0 Å². The summed E-state index contributed by atoms with van der Waals surface area (Å²) in [6.45, 7) is 8.98. The van der Waals surface area contributed by atoms with Gasteiger partial charge in [0.1, 0.15) is 17.3 Å². The van der Waals surface area contributed by atoms with Crippen LogP contribution in [-0.2, 0) is 13.1 Å². The van der Waals surface area contributed by atoms with Crippen LogP contribution < -0.4 is 4.74 Å². The van der Waals surface area contributed by atoms with E-state index in [1.54, 1.807) is 7.11 Å². The Morgan fingerprint density at radius 3 is 2.65 bits per heavy atom. The number of aliphatic hydroxyl groups excluding tert-OH is 1. The molecular weight excluding hydrogens is 328 g/mol. The molecule has 2 aromatic rings. The first-order chi connectivity index (χ1) is 12.6. The first-order valence-corrected chi connectivity index (χ1v) is 9.35. The number of hydrogen-bond donors (Lipinski definition) is 1. The molecule has 3 rings (SSSR count). The molecule has 0 spiro atoms. The third-order valence-electron chi connectivity index (χ3n) is 5.17. The molecule has 1 aromatic heterocycles. The summed E-state index contributed by atoms with van der Waals surface area (Å²) >= 11 is 0. The van der Waals surface area contributed by atoms with Crippen molar-refractivity contribution in [3.8, 4) is 5.75 Å². The topological polar surface area (TPSA) is 49.1 Å². The molecule has 5 heteroatoms. The second kappa shape index (κ2) is 8.71. The maximum absolute atomic E-state index is 9.51. The van der Waals surface area contributed by atoms with Gasteiger partial charge in [-0.2, -0.15) is 0 Å². The number of aryl methyl sites for hydroxylation is 2. The van der Waals surface area contributed by atoms with Gasteiger partial charge in [0.2, 0.25) is 0 Å². The van der Waals surface area contributed by atoms with Crippen molar-refractivity contribution in [1.82, 2.24) is 9.80 Å². The van der Waals surface area contributed by atoms with Crippen LogP contribution in [0, 0.1) is 13.8 Å². The van der Waals surface area contributed by atoms with Gasteiger partial charge in [0.25, 0.3) is 0 Å². The Balaban J connectivity index is 1.63. The Labute approximate surface area is 156 Å². The minimum atomic E-state index is 0.219. The molecule has 1 atom stereocenters. The predicted molar refractivity (Wildman–Crippen MR) is 102 cm³/mol. The molecule has 26 heavy (non-hydrogen) atoms. The molecule has 0 aliphatic carbocycles. The van der Waals surface area contributed by atoms with Gasteiger partial charge < -0.3 is 14.3 Å². The highest BCUT2D eigenvalue weighted by Crippen LogP contribution is 2.22. The van der Waals surface area contributed by atoms with Gasteiger partial charge in [0.05, 0.1) is 13.7 Å². The van der Waals surface area contributed by atoms with E-state index < -0.39 is 0 Å². The van der Waals surface area contributed by atoms with Crippen molar-refractivity contribution in [2.24, 2.45) is 0 Å². The van der Waals surface area contributed by atoms with E-state index in [4.69, 9.17) is 9.15 Å². The molecule has 0 bridgehead atoms. The largest absolute Gasteiger partial charge is 0.496 e. The van der Waals surface area contributed by atoms with E-state index in [1.165, 1.54) is 5.56 Å². The molecule has 0 radical (unpaired) electrons. The van der Waals surface area contributed by atoms with E-state index in [9.17, 15) is 5.11 Å². The van der Waals surface area contributed by atoms with Gasteiger partial charge in [0.15, 0.2) is 0 Å². The van der Waals surface area contributed by atoms with Crippen LogP contribution >= 0.6 is 0 Å². The number of nitrogens with zero attached hydrogens (tertiary/aromatic N) is 2. The Bertz CT molecular complexity index is 713. The molecule has 1 N–H and O–H groups in total. The smallest absolute Gasteiger partial charge is 0.121 e. The van der Waals surface area contributed by atoms with E-state index in [1.807, 2.05) is 19.1 Å². The number of ether oxygens (including phenoxy) is 1. The maximum atomic E-state index is 9.51. The van der Waals surface area contributed by atoms with Gasteiger partial charge in [-0.1, -0.05) is 12.1 Å². The fourth-order valence-electron chi connectivity index (χ4n) is 3.80. The van der Waals surface area contributed by atoms with E-state index in [2.05, 4.69) is 34.9 Å². The summed E-state index contributed by atoms with van der Waals surface area (Å²) in [5, 5.41) is 9.51. The summed E-state index contributed by atoms with van der Waals surface area (Å²) in [4.78, 5) is 4.91. The molecule has 0 saturated carbocycles. The zero-order chi connectivity index (χ0) is 18.5. The van der Waals surface area contributed by atoms with E-state index in [0.29, 0.717) is 6.04 Å². The molecule has 1 aliphatic heterocycles. The second-order valence-corrected chi connectivity index (χ2v) is 7.19. The number of benzene rings is 1. The number of furan rings is 1. The van der Waals surface area contributed by atoms with Crippen molar-refractivity contribution in [2.45, 2.75) is 39.4 Å². The van der Waals surface area contributed by atoms with Crippen molar-refractivity contribution in [3.63, 3.8) is 0 Å². The molecule has 0 amide bonds. The monoisotopic (exact) mass is 358 g/mol. The molecule has 2 heterocycles. The van der Waals surface area contributed by atoms with E-state index in [0.717, 1.165) is 62.0 Å². The summed E-state index contributed by atoms with van der Waals surface area (Å²) in [7, 11) is 1.71. The highest BCUT2D eigenvalue weighted by molar-refractivity contribution is 5.36. The lowest BCUT2D eigenvalue weighted by Crippen LogP contribution is -2.52. The van der Waals surface area contributed by atoms with Crippen molar-refractivity contribution < 1.29 is 14.3 Å². The fraction of sp³-hybridized carbons (Fsp3) is 0.524. The lowest BCUT2D eigenvalue weighted by Gasteiger charge is -2.41. The van der Waals surface area contributed by atoms with Crippen LogP contribution in [0.1, 0.15) is 29.1 Å². The molecule has 1 aromatic carbocycles. The second-order valence-electron chi connectivity index (χ2n) is 7.19. The van der Waals surface area contributed by atoms with Gasteiger partial charge in [-0.3, -0.25) is 9.80 Å². The summed E-state index contributed by atoms with van der Waals surface area (Å²) in [6.07, 6.45) is 0.794. The minimum absolute atomic E-state index is 0.219. The first kappa shape index (κ1) is 19.0. The molecular formula is C21H30N2O3. The van der Waals surface area contributed by atoms with Crippen molar-refractivity contribution in [3.05, 3.63) is 53.0 Å². The average Bonchev–Trinajstić information content (AvgIpc) is 3.02. The quantitative estimate of drug-likeness (QED) is 0.825. The molecule has 1 saturated heterocycles. The number of hydrogen-bond acceptors (Lipinski definition) is 5. The molecule has 1 fully saturated rings. The number of rotatable bonds is 7. The van der Waals surface area contributed by atoms with Gasteiger partial charge in [0, 0.05) is 38.8 Å². The third-order valence-corrected chi connectivity index (χ3v) is 5.17. The fourth-order valence-corrected chi connectivity index (χ4v) is 3.80. The summed E-state index contributed by atoms with van der Waals surface area (Å²) < 4.78 is 11.1. The summed E-state index contributed by atoms with van der Waals surface area (Å²) in [6, 6.07) is 10.8. The zero-order valence-corrected chi connectivity index (χ0v) is 16.1. The van der Waals surface area contributed by atoms with Crippen molar-refractivity contribution in [2.75, 3.05) is 33.4 Å².